The first-order valence-electron chi connectivity index (χ1n) is 6.19. The molecule has 1 heterocycles. The van der Waals surface area contributed by atoms with Crippen LogP contribution in [-0.4, -0.2) is 40.5 Å². The van der Waals surface area contributed by atoms with Crippen LogP contribution in [0.2, 0.25) is 0 Å². The quantitative estimate of drug-likeness (QED) is 0.768. The van der Waals surface area contributed by atoms with E-state index in [1.54, 1.807) is 6.92 Å². The van der Waals surface area contributed by atoms with Crippen molar-refractivity contribution in [2.75, 3.05) is 13.1 Å². The van der Waals surface area contributed by atoms with E-state index in [1.165, 1.54) is 12.8 Å². The lowest BCUT2D eigenvalue weighted by Crippen LogP contribution is -2.48. The number of alkyl halides is 1. The van der Waals surface area contributed by atoms with Crippen molar-refractivity contribution in [3.8, 4) is 0 Å². The Bertz CT molecular complexity index is 266. The van der Waals surface area contributed by atoms with Gasteiger partial charge in [-0.1, -0.05) is 12.8 Å². The molecule has 92 valence electrons. The maximum absolute atomic E-state index is 11.8. The Morgan fingerprint density at radius 3 is 2.75 bits per heavy atom. The van der Waals surface area contributed by atoms with E-state index in [0.29, 0.717) is 19.5 Å². The summed E-state index contributed by atoms with van der Waals surface area (Å²) in [6.07, 6.45) is 4.14. The maximum atomic E-state index is 11.8. The number of piperidine rings is 1. The number of rotatable bonds is 3. The van der Waals surface area contributed by atoms with Crippen LogP contribution in [0, 0.1) is 11.8 Å². The molecular formula is C12H20ClNO2. The SMILES string of the molecule is C[C@H](Cl)C(=O)N1CC[C@@H](O)[C@@H](CC2CC2)C1. The standard InChI is InChI=1S/C12H20ClNO2/c1-8(13)12(16)14-5-4-11(15)10(7-14)6-9-2-3-9/h8-11,15H,2-7H2,1H3/t8-,10-,11+/m0/s1. The van der Waals surface area contributed by atoms with Crippen LogP contribution in [-0.2, 0) is 4.79 Å². The fourth-order valence-corrected chi connectivity index (χ4v) is 2.62. The normalized spacial score (nSPS) is 32.6. The van der Waals surface area contributed by atoms with Gasteiger partial charge in [0.15, 0.2) is 0 Å². The number of halogens is 1. The number of nitrogens with zero attached hydrogens (tertiary/aromatic N) is 1. The van der Waals surface area contributed by atoms with Crippen molar-refractivity contribution < 1.29 is 9.90 Å². The average Bonchev–Trinajstić information content (AvgIpc) is 3.04. The van der Waals surface area contributed by atoms with Crippen LogP contribution in [0.5, 0.6) is 0 Å². The van der Waals surface area contributed by atoms with Crippen LogP contribution in [0.25, 0.3) is 0 Å². The van der Waals surface area contributed by atoms with Crippen molar-refractivity contribution >= 4 is 17.5 Å². The molecule has 0 aromatic carbocycles. The summed E-state index contributed by atoms with van der Waals surface area (Å²) in [6.45, 7) is 3.05. The fourth-order valence-electron chi connectivity index (χ4n) is 2.48. The van der Waals surface area contributed by atoms with E-state index in [-0.39, 0.29) is 17.9 Å². The zero-order valence-corrected chi connectivity index (χ0v) is 10.5. The zero-order chi connectivity index (χ0) is 11.7. The molecule has 0 radical (unpaired) electrons. The molecule has 2 rings (SSSR count). The number of likely N-dealkylation sites (tertiary alicyclic amines) is 1. The Balaban J connectivity index is 1.90. The van der Waals surface area contributed by atoms with Gasteiger partial charge in [-0.05, 0) is 25.7 Å². The third-order valence-electron chi connectivity index (χ3n) is 3.68. The van der Waals surface area contributed by atoms with Crippen molar-refractivity contribution in [2.45, 2.75) is 44.1 Å². The Kier molecular flexibility index (Phi) is 3.75. The maximum Gasteiger partial charge on any atom is 0.240 e. The molecule has 2 fully saturated rings. The Morgan fingerprint density at radius 2 is 2.19 bits per heavy atom. The van der Waals surface area contributed by atoms with Crippen LogP contribution in [0.1, 0.15) is 32.6 Å². The number of amides is 1. The minimum atomic E-state index is -0.447. The Labute approximate surface area is 102 Å². The molecular weight excluding hydrogens is 226 g/mol. The molecule has 1 aliphatic heterocycles. The second-order valence-electron chi connectivity index (χ2n) is 5.20. The minimum absolute atomic E-state index is 0.00867. The van der Waals surface area contributed by atoms with Crippen LogP contribution < -0.4 is 0 Å². The first-order chi connectivity index (χ1) is 7.58. The second-order valence-corrected chi connectivity index (χ2v) is 5.85. The lowest BCUT2D eigenvalue weighted by atomic mass is 9.89. The number of aliphatic hydroxyl groups excluding tert-OH is 1. The van der Waals surface area contributed by atoms with E-state index in [4.69, 9.17) is 11.6 Å². The lowest BCUT2D eigenvalue weighted by Gasteiger charge is -2.37. The molecule has 3 nitrogen and oxygen atoms in total. The summed E-state index contributed by atoms with van der Waals surface area (Å²) in [5.41, 5.74) is 0. The Morgan fingerprint density at radius 1 is 1.50 bits per heavy atom. The summed E-state index contributed by atoms with van der Waals surface area (Å²) in [7, 11) is 0. The highest BCUT2D eigenvalue weighted by Crippen LogP contribution is 2.37. The first kappa shape index (κ1) is 12.2. The summed E-state index contributed by atoms with van der Waals surface area (Å²) < 4.78 is 0. The molecule has 16 heavy (non-hydrogen) atoms. The number of hydrogen-bond donors (Lipinski definition) is 1. The molecule has 3 atom stereocenters. The molecule has 0 aromatic heterocycles. The van der Waals surface area contributed by atoms with Gasteiger partial charge in [-0.3, -0.25) is 4.79 Å². The number of aliphatic hydroxyl groups is 1. The van der Waals surface area contributed by atoms with E-state index in [1.807, 2.05) is 4.90 Å². The van der Waals surface area contributed by atoms with Gasteiger partial charge >= 0.3 is 0 Å². The van der Waals surface area contributed by atoms with E-state index in [0.717, 1.165) is 12.3 Å². The molecule has 2 aliphatic rings. The van der Waals surface area contributed by atoms with Gasteiger partial charge < -0.3 is 10.0 Å². The van der Waals surface area contributed by atoms with E-state index in [9.17, 15) is 9.90 Å². The molecule has 1 amide bonds. The molecule has 0 aromatic rings. The summed E-state index contributed by atoms with van der Waals surface area (Å²) in [6, 6.07) is 0. The van der Waals surface area contributed by atoms with Gasteiger partial charge in [0.25, 0.3) is 0 Å². The predicted molar refractivity (Wildman–Crippen MR) is 63.3 cm³/mol. The van der Waals surface area contributed by atoms with Gasteiger partial charge in [0.05, 0.1) is 6.10 Å². The summed E-state index contributed by atoms with van der Waals surface area (Å²) in [5, 5.41) is 9.47. The van der Waals surface area contributed by atoms with Crippen LogP contribution in [0.15, 0.2) is 0 Å². The van der Waals surface area contributed by atoms with Gasteiger partial charge in [0, 0.05) is 19.0 Å². The predicted octanol–water partition coefficient (Wildman–Crippen LogP) is 1.62. The second kappa shape index (κ2) is 4.92. The van der Waals surface area contributed by atoms with E-state index >= 15 is 0 Å². The topological polar surface area (TPSA) is 40.5 Å². The largest absolute Gasteiger partial charge is 0.393 e. The molecule has 1 N–H and O–H groups in total. The summed E-state index contributed by atoms with van der Waals surface area (Å²) in [5.74, 6) is 1.07. The molecule has 1 saturated carbocycles. The highest BCUT2D eigenvalue weighted by molar-refractivity contribution is 6.30. The highest BCUT2D eigenvalue weighted by atomic mass is 35.5. The van der Waals surface area contributed by atoms with E-state index in [2.05, 4.69) is 0 Å². The minimum Gasteiger partial charge on any atom is -0.393 e. The number of hydrogen-bond acceptors (Lipinski definition) is 2. The van der Waals surface area contributed by atoms with Crippen molar-refractivity contribution in [3.63, 3.8) is 0 Å². The van der Waals surface area contributed by atoms with Crippen LogP contribution >= 0.6 is 11.6 Å². The molecule has 4 heteroatoms. The first-order valence-corrected chi connectivity index (χ1v) is 6.62. The van der Waals surface area contributed by atoms with E-state index < -0.39 is 5.38 Å². The van der Waals surface area contributed by atoms with Crippen molar-refractivity contribution in [1.29, 1.82) is 0 Å². The fraction of sp³-hybridized carbons (Fsp3) is 0.917. The van der Waals surface area contributed by atoms with Crippen LogP contribution in [0.4, 0.5) is 0 Å². The van der Waals surface area contributed by atoms with Crippen molar-refractivity contribution in [3.05, 3.63) is 0 Å². The highest BCUT2D eigenvalue weighted by Gasteiger charge is 2.35. The van der Waals surface area contributed by atoms with Gasteiger partial charge in [-0.2, -0.15) is 0 Å². The molecule has 0 spiro atoms. The number of carbonyl (C=O) groups excluding carboxylic acids is 1. The van der Waals surface area contributed by atoms with Crippen molar-refractivity contribution in [1.82, 2.24) is 4.90 Å². The lowest BCUT2D eigenvalue weighted by molar-refractivity contribution is -0.134. The summed E-state index contributed by atoms with van der Waals surface area (Å²) >= 11 is 5.81. The third kappa shape index (κ3) is 2.89. The number of carbonyl (C=O) groups is 1. The molecule has 1 saturated heterocycles. The molecule has 1 aliphatic carbocycles. The average molecular weight is 246 g/mol. The van der Waals surface area contributed by atoms with Crippen molar-refractivity contribution in [2.24, 2.45) is 11.8 Å². The zero-order valence-electron chi connectivity index (χ0n) is 9.73. The van der Waals surface area contributed by atoms with Gasteiger partial charge in [0.1, 0.15) is 5.38 Å². The van der Waals surface area contributed by atoms with Gasteiger partial charge in [0.2, 0.25) is 5.91 Å². The Hall–Kier alpha value is -0.280. The molecule has 0 unspecified atom stereocenters. The van der Waals surface area contributed by atoms with Gasteiger partial charge in [-0.25, -0.2) is 0 Å². The monoisotopic (exact) mass is 245 g/mol. The summed E-state index contributed by atoms with van der Waals surface area (Å²) in [4.78, 5) is 13.6. The molecule has 0 bridgehead atoms. The smallest absolute Gasteiger partial charge is 0.240 e. The third-order valence-corrected chi connectivity index (χ3v) is 3.87. The van der Waals surface area contributed by atoms with Gasteiger partial charge in [-0.15, -0.1) is 11.6 Å². The van der Waals surface area contributed by atoms with Crippen LogP contribution in [0.3, 0.4) is 0 Å².